The van der Waals surface area contributed by atoms with Crippen molar-refractivity contribution < 1.29 is 0 Å². The largest absolute Gasteiger partial charge is 0.371 e. The summed E-state index contributed by atoms with van der Waals surface area (Å²) in [5.74, 6) is 0.637. The number of allylic oxidation sites excluding steroid dienone is 4. The van der Waals surface area contributed by atoms with Crippen LogP contribution < -0.4 is 5.73 Å². The van der Waals surface area contributed by atoms with E-state index in [1.54, 1.807) is 12.2 Å². The molecule has 0 aromatic heterocycles. The van der Waals surface area contributed by atoms with Gasteiger partial charge in [0.2, 0.25) is 0 Å². The second-order valence-corrected chi connectivity index (χ2v) is 4.27. The van der Waals surface area contributed by atoms with Crippen molar-refractivity contribution in [2.24, 2.45) is 11.7 Å². The van der Waals surface area contributed by atoms with Crippen molar-refractivity contribution in [3.05, 3.63) is 36.1 Å². The van der Waals surface area contributed by atoms with Crippen LogP contribution in [-0.2, 0) is 0 Å². The quantitative estimate of drug-likeness (QED) is 0.624. The summed E-state index contributed by atoms with van der Waals surface area (Å²) >= 11 is 0. The lowest BCUT2D eigenvalue weighted by Gasteiger charge is -2.34. The molecule has 19 heavy (non-hydrogen) atoms. The second-order valence-electron chi connectivity index (χ2n) is 4.27. The maximum absolute atomic E-state index is 9.13. The maximum Gasteiger partial charge on any atom is 0.101 e. The van der Waals surface area contributed by atoms with Gasteiger partial charge in [-0.2, -0.15) is 5.26 Å². The molecule has 0 aromatic rings. The third kappa shape index (κ3) is 5.32. The van der Waals surface area contributed by atoms with E-state index in [-0.39, 0.29) is 0 Å². The second kappa shape index (κ2) is 10.4. The zero-order chi connectivity index (χ0) is 14.7. The van der Waals surface area contributed by atoms with Crippen molar-refractivity contribution in [3.8, 4) is 6.07 Å². The van der Waals surface area contributed by atoms with Crippen LogP contribution in [0.3, 0.4) is 0 Å². The predicted molar refractivity (Wildman–Crippen MR) is 82.3 cm³/mol. The van der Waals surface area contributed by atoms with Gasteiger partial charge in [-0.05, 0) is 38.3 Å². The summed E-state index contributed by atoms with van der Waals surface area (Å²) in [4.78, 5) is 2.27. The molecule has 0 unspecified atom stereocenters. The predicted octanol–water partition coefficient (Wildman–Crippen LogP) is 3.22. The molecule has 2 N–H and O–H groups in total. The molecule has 1 aliphatic heterocycles. The molecule has 0 aliphatic carbocycles. The summed E-state index contributed by atoms with van der Waals surface area (Å²) in [6.45, 7) is 12.4. The number of nitrogens with two attached hydrogens (primary N) is 1. The maximum atomic E-state index is 9.13. The average Bonchev–Trinajstić information content (AvgIpc) is 2.49. The van der Waals surface area contributed by atoms with Crippen LogP contribution in [0.1, 0.15) is 33.6 Å². The molecule has 0 radical (unpaired) electrons. The molecular formula is C16H27N3. The van der Waals surface area contributed by atoms with Crippen molar-refractivity contribution in [1.29, 1.82) is 5.26 Å². The third-order valence-electron chi connectivity index (χ3n) is 3.24. The normalized spacial score (nSPS) is 17.3. The highest BCUT2D eigenvalue weighted by Gasteiger charge is 2.20. The van der Waals surface area contributed by atoms with E-state index in [0.29, 0.717) is 11.5 Å². The summed E-state index contributed by atoms with van der Waals surface area (Å²) < 4.78 is 0. The van der Waals surface area contributed by atoms with Gasteiger partial charge >= 0.3 is 0 Å². The fraction of sp³-hybridized carbons (Fsp3) is 0.562. The molecule has 0 aromatic carbocycles. The monoisotopic (exact) mass is 261 g/mol. The van der Waals surface area contributed by atoms with Crippen molar-refractivity contribution in [2.75, 3.05) is 19.6 Å². The summed E-state index contributed by atoms with van der Waals surface area (Å²) in [7, 11) is 0. The number of hydrogen-bond donors (Lipinski definition) is 1. The highest BCUT2D eigenvalue weighted by molar-refractivity contribution is 5.42. The van der Waals surface area contributed by atoms with E-state index >= 15 is 0 Å². The first-order valence-electron chi connectivity index (χ1n) is 7.11. The molecule has 1 rings (SSSR count). The Kier molecular flexibility index (Phi) is 9.56. The summed E-state index contributed by atoms with van der Waals surface area (Å²) in [5, 5.41) is 9.13. The summed E-state index contributed by atoms with van der Waals surface area (Å²) in [6, 6.07) is 2.23. The Morgan fingerprint density at radius 1 is 1.42 bits per heavy atom. The number of likely N-dealkylation sites (tertiary alicyclic amines) is 1. The molecular weight excluding hydrogens is 234 g/mol. The lowest BCUT2D eigenvalue weighted by atomic mass is 9.96. The number of piperidine rings is 1. The van der Waals surface area contributed by atoms with Gasteiger partial charge < -0.3 is 10.6 Å². The van der Waals surface area contributed by atoms with Gasteiger partial charge in [0.05, 0.1) is 11.3 Å². The van der Waals surface area contributed by atoms with Gasteiger partial charge in [-0.1, -0.05) is 32.6 Å². The Labute approximate surface area is 118 Å². The first-order valence-corrected chi connectivity index (χ1v) is 7.11. The summed E-state index contributed by atoms with van der Waals surface area (Å²) in [5.41, 5.74) is 7.39. The van der Waals surface area contributed by atoms with Gasteiger partial charge in [0, 0.05) is 13.1 Å². The van der Waals surface area contributed by atoms with Gasteiger partial charge in [-0.25, -0.2) is 0 Å². The first kappa shape index (κ1) is 17.5. The molecule has 1 fully saturated rings. The fourth-order valence-corrected chi connectivity index (χ4v) is 2.22. The van der Waals surface area contributed by atoms with Crippen LogP contribution in [0.4, 0.5) is 0 Å². The molecule has 0 amide bonds. The third-order valence-corrected chi connectivity index (χ3v) is 3.24. The molecule has 0 bridgehead atoms. The lowest BCUT2D eigenvalue weighted by Crippen LogP contribution is -2.35. The van der Waals surface area contributed by atoms with E-state index < -0.39 is 0 Å². The Balaban J connectivity index is 0.00000154. The average molecular weight is 261 g/mol. The zero-order valence-electron chi connectivity index (χ0n) is 12.5. The van der Waals surface area contributed by atoms with E-state index in [1.807, 2.05) is 26.8 Å². The van der Waals surface area contributed by atoms with Crippen LogP contribution in [0.5, 0.6) is 0 Å². The molecule has 3 nitrogen and oxygen atoms in total. The van der Waals surface area contributed by atoms with E-state index in [9.17, 15) is 0 Å². The van der Waals surface area contributed by atoms with Crippen molar-refractivity contribution in [2.45, 2.75) is 33.6 Å². The Morgan fingerprint density at radius 3 is 2.37 bits per heavy atom. The van der Waals surface area contributed by atoms with E-state index in [1.165, 1.54) is 0 Å². The zero-order valence-corrected chi connectivity index (χ0v) is 12.5. The van der Waals surface area contributed by atoms with Crippen molar-refractivity contribution in [1.82, 2.24) is 4.90 Å². The highest BCUT2D eigenvalue weighted by atomic mass is 15.1. The number of rotatable bonds is 4. The minimum atomic E-state index is 0.637. The molecule has 3 heteroatoms. The van der Waals surface area contributed by atoms with Gasteiger partial charge in [0.1, 0.15) is 6.07 Å². The Bertz CT molecular complexity index is 353. The highest BCUT2D eigenvalue weighted by Crippen LogP contribution is 2.23. The van der Waals surface area contributed by atoms with Crippen molar-refractivity contribution >= 4 is 0 Å². The van der Waals surface area contributed by atoms with Gasteiger partial charge in [-0.15, -0.1) is 0 Å². The molecule has 106 valence electrons. The Morgan fingerprint density at radius 2 is 2.00 bits per heavy atom. The van der Waals surface area contributed by atoms with E-state index in [4.69, 9.17) is 11.0 Å². The van der Waals surface area contributed by atoms with E-state index in [2.05, 4.69) is 17.5 Å². The van der Waals surface area contributed by atoms with Gasteiger partial charge in [-0.3, -0.25) is 0 Å². The molecule has 0 saturated carbocycles. The fourth-order valence-electron chi connectivity index (χ4n) is 2.22. The van der Waals surface area contributed by atoms with Crippen molar-refractivity contribution in [3.63, 3.8) is 0 Å². The van der Waals surface area contributed by atoms with Crippen LogP contribution in [-0.4, -0.2) is 24.5 Å². The van der Waals surface area contributed by atoms with Crippen LogP contribution in [0.15, 0.2) is 36.1 Å². The topological polar surface area (TPSA) is 53.0 Å². The van der Waals surface area contributed by atoms with Crippen LogP contribution >= 0.6 is 0 Å². The minimum absolute atomic E-state index is 0.637. The number of hydrogen-bond acceptors (Lipinski definition) is 3. The SMILES string of the molecule is C=C/C=C(C#N)\C(=C/C)N1CCC(CN)CC1.CC. The molecule has 1 heterocycles. The standard InChI is InChI=1S/C14H21N3.C2H6/c1-3-5-13(11-16)14(4-2)17-8-6-12(10-15)7-9-17;1-2/h3-5,12H,1,6-10,15H2,2H3;1-2H3/b13-5-,14-4+;. The van der Waals surface area contributed by atoms with Gasteiger partial charge in [0.25, 0.3) is 0 Å². The Hall–Kier alpha value is -1.53. The molecule has 0 atom stereocenters. The molecule has 1 saturated heterocycles. The van der Waals surface area contributed by atoms with Crippen LogP contribution in [0.25, 0.3) is 0 Å². The smallest absolute Gasteiger partial charge is 0.101 e. The van der Waals surface area contributed by atoms with E-state index in [0.717, 1.165) is 38.2 Å². The lowest BCUT2D eigenvalue weighted by molar-refractivity contribution is 0.234. The van der Waals surface area contributed by atoms with Gasteiger partial charge in [0.15, 0.2) is 0 Å². The minimum Gasteiger partial charge on any atom is -0.371 e. The molecule has 0 spiro atoms. The van der Waals surface area contributed by atoms with Crippen LogP contribution in [0, 0.1) is 17.2 Å². The number of nitrogens with zero attached hydrogens (tertiary/aromatic N) is 2. The van der Waals surface area contributed by atoms with Crippen LogP contribution in [0.2, 0.25) is 0 Å². The first-order chi connectivity index (χ1) is 9.26. The summed E-state index contributed by atoms with van der Waals surface area (Å²) in [6.07, 6.45) is 7.65. The number of nitriles is 1. The molecule has 1 aliphatic rings.